The average molecular weight is 598 g/mol. The minimum absolute atomic E-state index is 0.142. The van der Waals surface area contributed by atoms with Gasteiger partial charge in [-0.15, -0.1) is 0 Å². The van der Waals surface area contributed by atoms with Crippen LogP contribution in [0.5, 0.6) is 11.5 Å². The van der Waals surface area contributed by atoms with E-state index in [1.54, 1.807) is 0 Å². The zero-order valence-corrected chi connectivity index (χ0v) is 25.4. The topological polar surface area (TPSA) is 65.1 Å². The first-order valence-corrected chi connectivity index (χ1v) is 16.9. The molecule has 0 saturated carbocycles. The molecule has 6 rings (SSSR count). The van der Waals surface area contributed by atoms with Gasteiger partial charge in [0.2, 0.25) is 0 Å². The number of aryl methyl sites for hydroxylation is 1. The molecule has 0 radical (unpaired) electrons. The predicted molar refractivity (Wildman–Crippen MR) is 169 cm³/mol. The summed E-state index contributed by atoms with van der Waals surface area (Å²) in [5.41, 5.74) is 6.56. The summed E-state index contributed by atoms with van der Waals surface area (Å²) in [6, 6.07) is 36.4. The van der Waals surface area contributed by atoms with Gasteiger partial charge in [-0.3, -0.25) is 9.08 Å². The Morgan fingerprint density at radius 1 is 0.814 bits per heavy atom. The Hall–Kier alpha value is -3.65. The molecule has 6 nitrogen and oxygen atoms in total. The van der Waals surface area contributed by atoms with E-state index in [9.17, 15) is 8.42 Å². The van der Waals surface area contributed by atoms with Crippen molar-refractivity contribution < 1.29 is 22.1 Å². The summed E-state index contributed by atoms with van der Waals surface area (Å²) >= 11 is 0. The summed E-state index contributed by atoms with van der Waals surface area (Å²) in [7, 11) is -3.37. The van der Waals surface area contributed by atoms with Crippen molar-refractivity contribution in [2.75, 3.05) is 32.5 Å². The standard InChI is InChI=1S/C36H39NO5S/c1-43(38,39)41-22-8-21-37-24-33(25-37)42-31-16-13-29(14-17-31)36-34(28-11-6-3-7-12-28)19-15-30-23-32(18-20-35(30)36)40-26-27-9-4-2-5-10-27/h2-7,9-14,16-18,20,23,33-34,36H,8,15,19,21-22,24-26H2,1H3/t34-,36+/m1/s1. The lowest BCUT2D eigenvalue weighted by atomic mass is 9.69. The highest BCUT2D eigenvalue weighted by atomic mass is 32.2. The van der Waals surface area contributed by atoms with Crippen molar-refractivity contribution >= 4 is 10.1 Å². The summed E-state index contributed by atoms with van der Waals surface area (Å²) < 4.78 is 39.5. The van der Waals surface area contributed by atoms with E-state index in [4.69, 9.17) is 13.7 Å². The number of ether oxygens (including phenoxy) is 2. The van der Waals surface area contributed by atoms with Gasteiger partial charge in [-0.1, -0.05) is 78.9 Å². The van der Waals surface area contributed by atoms with Gasteiger partial charge < -0.3 is 9.47 Å². The summed E-state index contributed by atoms with van der Waals surface area (Å²) in [5.74, 6) is 2.44. The predicted octanol–water partition coefficient (Wildman–Crippen LogP) is 6.56. The molecule has 0 unspecified atom stereocenters. The molecular weight excluding hydrogens is 558 g/mol. The quantitative estimate of drug-likeness (QED) is 0.136. The highest BCUT2D eigenvalue weighted by Crippen LogP contribution is 2.47. The minimum atomic E-state index is -3.37. The van der Waals surface area contributed by atoms with Crippen molar-refractivity contribution in [1.29, 1.82) is 0 Å². The summed E-state index contributed by atoms with van der Waals surface area (Å²) in [6.07, 6.45) is 4.01. The van der Waals surface area contributed by atoms with E-state index in [2.05, 4.69) is 89.8 Å². The van der Waals surface area contributed by atoms with Crippen LogP contribution < -0.4 is 9.47 Å². The van der Waals surface area contributed by atoms with Crippen LogP contribution in [0.2, 0.25) is 0 Å². The first-order chi connectivity index (χ1) is 20.9. The van der Waals surface area contributed by atoms with Crippen LogP contribution in [0.4, 0.5) is 0 Å². The molecule has 1 heterocycles. The van der Waals surface area contributed by atoms with Crippen molar-refractivity contribution in [3.05, 3.63) is 131 Å². The zero-order chi connectivity index (χ0) is 29.6. The summed E-state index contributed by atoms with van der Waals surface area (Å²) in [5, 5.41) is 0. The molecule has 224 valence electrons. The zero-order valence-electron chi connectivity index (χ0n) is 24.6. The summed E-state index contributed by atoms with van der Waals surface area (Å²) in [4.78, 5) is 2.26. The van der Waals surface area contributed by atoms with Gasteiger partial charge in [-0.25, -0.2) is 0 Å². The monoisotopic (exact) mass is 597 g/mol. The van der Waals surface area contributed by atoms with Crippen molar-refractivity contribution in [3.63, 3.8) is 0 Å². The molecule has 0 spiro atoms. The number of rotatable bonds is 12. The molecule has 0 bridgehead atoms. The second kappa shape index (κ2) is 13.3. The Kier molecular flexibility index (Phi) is 9.12. The lowest BCUT2D eigenvalue weighted by molar-refractivity contribution is 0.0174. The normalized spacial score (nSPS) is 18.9. The van der Waals surface area contributed by atoms with E-state index in [0.29, 0.717) is 18.9 Å². The van der Waals surface area contributed by atoms with Crippen LogP contribution in [0.3, 0.4) is 0 Å². The highest BCUT2D eigenvalue weighted by Gasteiger charge is 2.33. The number of nitrogens with zero attached hydrogens (tertiary/aromatic N) is 1. The Morgan fingerprint density at radius 3 is 2.23 bits per heavy atom. The number of likely N-dealkylation sites (tertiary alicyclic amines) is 1. The van der Waals surface area contributed by atoms with E-state index < -0.39 is 10.1 Å². The van der Waals surface area contributed by atoms with Crippen molar-refractivity contribution in [1.82, 2.24) is 4.90 Å². The maximum Gasteiger partial charge on any atom is 0.264 e. The van der Waals surface area contributed by atoms with Crippen molar-refractivity contribution in [2.24, 2.45) is 0 Å². The summed E-state index contributed by atoms with van der Waals surface area (Å²) in [6.45, 7) is 3.25. The van der Waals surface area contributed by atoms with Crippen LogP contribution in [-0.2, 0) is 27.3 Å². The fraction of sp³-hybridized carbons (Fsp3) is 0.333. The van der Waals surface area contributed by atoms with Crippen LogP contribution >= 0.6 is 0 Å². The smallest absolute Gasteiger partial charge is 0.264 e. The van der Waals surface area contributed by atoms with E-state index in [0.717, 1.165) is 50.2 Å². The van der Waals surface area contributed by atoms with E-state index >= 15 is 0 Å². The molecule has 1 fully saturated rings. The first kappa shape index (κ1) is 29.4. The van der Waals surface area contributed by atoms with Crippen LogP contribution in [0.1, 0.15) is 52.5 Å². The Labute approximate surface area is 255 Å². The number of hydrogen-bond donors (Lipinski definition) is 0. The minimum Gasteiger partial charge on any atom is -0.489 e. The highest BCUT2D eigenvalue weighted by molar-refractivity contribution is 7.85. The van der Waals surface area contributed by atoms with E-state index in [1.165, 1.54) is 27.8 Å². The van der Waals surface area contributed by atoms with Gasteiger partial charge >= 0.3 is 0 Å². The van der Waals surface area contributed by atoms with E-state index in [-0.39, 0.29) is 18.6 Å². The number of hydrogen-bond acceptors (Lipinski definition) is 6. The average Bonchev–Trinajstić information content (AvgIpc) is 3.00. The third kappa shape index (κ3) is 7.66. The molecule has 2 aliphatic rings. The number of benzene rings is 4. The molecule has 2 atom stereocenters. The molecule has 0 amide bonds. The molecule has 1 saturated heterocycles. The Bertz CT molecular complexity index is 1590. The Balaban J connectivity index is 1.13. The van der Waals surface area contributed by atoms with Gasteiger partial charge in [-0.05, 0) is 77.3 Å². The largest absolute Gasteiger partial charge is 0.489 e. The fourth-order valence-corrected chi connectivity index (χ4v) is 6.74. The molecule has 4 aromatic rings. The van der Waals surface area contributed by atoms with Gasteiger partial charge in [0.05, 0.1) is 12.9 Å². The molecule has 4 aromatic carbocycles. The van der Waals surface area contributed by atoms with Gasteiger partial charge in [0.1, 0.15) is 24.2 Å². The fourth-order valence-electron chi connectivity index (χ4n) is 6.32. The SMILES string of the molecule is CS(=O)(=O)OCCCN1CC(Oc2ccc([C@@H]3c4ccc(OCc5ccccc5)cc4CC[C@@H]3c3ccccc3)cc2)C1. The number of fused-ring (bicyclic) bond motifs is 1. The van der Waals surface area contributed by atoms with E-state index in [1.807, 2.05) is 18.2 Å². The molecule has 1 aliphatic carbocycles. The molecule has 43 heavy (non-hydrogen) atoms. The van der Waals surface area contributed by atoms with Crippen LogP contribution in [0.15, 0.2) is 103 Å². The maximum absolute atomic E-state index is 11.1. The third-order valence-corrected chi connectivity index (χ3v) is 9.03. The van der Waals surface area contributed by atoms with Gasteiger partial charge in [0.15, 0.2) is 0 Å². The maximum atomic E-state index is 11.1. The molecule has 0 N–H and O–H groups in total. The lowest BCUT2D eigenvalue weighted by Crippen LogP contribution is -2.54. The van der Waals surface area contributed by atoms with Gasteiger partial charge in [0, 0.05) is 25.6 Å². The molecular formula is C36H39NO5S. The van der Waals surface area contributed by atoms with Gasteiger partial charge in [0.25, 0.3) is 10.1 Å². The first-order valence-electron chi connectivity index (χ1n) is 15.1. The van der Waals surface area contributed by atoms with Gasteiger partial charge in [-0.2, -0.15) is 8.42 Å². The van der Waals surface area contributed by atoms with Crippen molar-refractivity contribution in [2.45, 2.75) is 43.8 Å². The lowest BCUT2D eigenvalue weighted by Gasteiger charge is -2.39. The molecule has 7 heteroatoms. The molecule has 0 aromatic heterocycles. The van der Waals surface area contributed by atoms with Crippen LogP contribution in [-0.4, -0.2) is 51.9 Å². The van der Waals surface area contributed by atoms with Crippen molar-refractivity contribution in [3.8, 4) is 11.5 Å². The second-order valence-corrected chi connectivity index (χ2v) is 13.3. The molecule has 1 aliphatic heterocycles. The Morgan fingerprint density at radius 2 is 1.51 bits per heavy atom. The van der Waals surface area contributed by atoms with Crippen LogP contribution in [0.25, 0.3) is 0 Å². The third-order valence-electron chi connectivity index (χ3n) is 8.43. The van der Waals surface area contributed by atoms with Crippen LogP contribution in [0, 0.1) is 0 Å². The second-order valence-electron chi connectivity index (χ2n) is 11.6.